The Hall–Kier alpha value is -0.330. The van der Waals surface area contributed by atoms with Crippen LogP contribution in [0.2, 0.25) is 0 Å². The van der Waals surface area contributed by atoms with Crippen LogP contribution >= 0.6 is 0 Å². The lowest BCUT2D eigenvalue weighted by Crippen LogP contribution is -1.74. The Morgan fingerprint density at radius 3 is 2.00 bits per heavy atom. The highest BCUT2D eigenvalue weighted by Gasteiger charge is 1.62. The van der Waals surface area contributed by atoms with Gasteiger partial charge in [-0.15, -0.1) is 0 Å². The zero-order valence-electron chi connectivity index (χ0n) is 3.65. The molecule has 0 aromatic heterocycles. The van der Waals surface area contributed by atoms with Crippen LogP contribution in [0.1, 0.15) is 6.92 Å². The van der Waals surface area contributed by atoms with Gasteiger partial charge in [0, 0.05) is 12.8 Å². The average molecular weight is 70.1 g/mol. The zero-order valence-corrected chi connectivity index (χ0v) is 3.65. The van der Waals surface area contributed by atoms with E-state index in [1.54, 1.807) is 7.05 Å². The molecule has 0 bridgehead atoms. The summed E-state index contributed by atoms with van der Waals surface area (Å²) < 4.78 is 0. The van der Waals surface area contributed by atoms with E-state index >= 15 is 0 Å². The second-order valence-corrected chi connectivity index (χ2v) is 0.959. The van der Waals surface area contributed by atoms with Crippen molar-refractivity contribution >= 4 is 5.71 Å². The molecule has 0 fully saturated rings. The van der Waals surface area contributed by atoms with Crippen LogP contribution in [0.3, 0.4) is 0 Å². The maximum Gasteiger partial charge on any atom is 0.0276 e. The van der Waals surface area contributed by atoms with Crippen molar-refractivity contribution in [3.8, 4) is 0 Å². The molecule has 0 heterocycles. The molecule has 0 aliphatic rings. The van der Waals surface area contributed by atoms with Gasteiger partial charge < -0.3 is 0 Å². The van der Waals surface area contributed by atoms with Crippen molar-refractivity contribution in [1.82, 2.24) is 0 Å². The molecule has 0 saturated carbocycles. The summed E-state index contributed by atoms with van der Waals surface area (Å²) in [5, 5.41) is 0. The van der Waals surface area contributed by atoms with Crippen LogP contribution < -0.4 is 0 Å². The van der Waals surface area contributed by atoms with Gasteiger partial charge in [0.2, 0.25) is 0 Å². The molecular formula is C4H8N. The van der Waals surface area contributed by atoms with Crippen LogP contribution in [0.4, 0.5) is 0 Å². The Bertz CT molecular complexity index is 41.6. The van der Waals surface area contributed by atoms with E-state index in [0.717, 1.165) is 5.71 Å². The third kappa shape index (κ3) is 3.67. The number of rotatable bonds is 0. The third-order valence-electron chi connectivity index (χ3n) is 0.382. The molecule has 0 atom stereocenters. The molecule has 0 aliphatic carbocycles. The van der Waals surface area contributed by atoms with Crippen molar-refractivity contribution in [3.63, 3.8) is 0 Å². The second-order valence-electron chi connectivity index (χ2n) is 0.959. The van der Waals surface area contributed by atoms with E-state index < -0.39 is 0 Å². The number of hydrogen-bond acceptors (Lipinski definition) is 1. The SMILES string of the molecule is [CH2]/C(C)=N/C. The van der Waals surface area contributed by atoms with Crippen LogP contribution in [0, 0.1) is 6.92 Å². The summed E-state index contributed by atoms with van der Waals surface area (Å²) in [7, 11) is 1.72. The lowest BCUT2D eigenvalue weighted by atomic mass is 10.5. The fraction of sp³-hybridized carbons (Fsp3) is 0.500. The average Bonchev–Trinajstić information content (AvgIpc) is 1.38. The van der Waals surface area contributed by atoms with Gasteiger partial charge in [0.15, 0.2) is 0 Å². The number of hydrogen-bond donors (Lipinski definition) is 0. The lowest BCUT2D eigenvalue weighted by Gasteiger charge is -1.73. The molecule has 29 valence electrons. The predicted octanol–water partition coefficient (Wildman–Crippen LogP) is 0.911. The summed E-state index contributed by atoms with van der Waals surface area (Å²) in [6.45, 7) is 5.37. The summed E-state index contributed by atoms with van der Waals surface area (Å²) in [6.07, 6.45) is 0. The Morgan fingerprint density at radius 2 is 2.00 bits per heavy atom. The molecule has 0 rings (SSSR count). The molecule has 1 nitrogen and oxygen atoms in total. The molecule has 1 radical (unpaired) electrons. The third-order valence-corrected chi connectivity index (χ3v) is 0.382. The quantitative estimate of drug-likeness (QED) is 0.376. The molecule has 1 heteroatoms. The summed E-state index contributed by atoms with van der Waals surface area (Å²) >= 11 is 0. The molecule has 0 aromatic carbocycles. The first-order valence-electron chi connectivity index (χ1n) is 1.52. The van der Waals surface area contributed by atoms with Crippen LogP contribution in [0.5, 0.6) is 0 Å². The van der Waals surface area contributed by atoms with Crippen molar-refractivity contribution in [2.24, 2.45) is 4.99 Å². The van der Waals surface area contributed by atoms with Crippen LogP contribution in [0.15, 0.2) is 4.99 Å². The Kier molecular flexibility index (Phi) is 1.81. The smallest absolute Gasteiger partial charge is 0.0276 e. The Morgan fingerprint density at radius 1 is 1.80 bits per heavy atom. The fourth-order valence-electron chi connectivity index (χ4n) is 0. The Balaban J connectivity index is 3.14. The lowest BCUT2D eigenvalue weighted by molar-refractivity contribution is 1.43. The zero-order chi connectivity index (χ0) is 4.28. The number of aliphatic imine (C=N–C) groups is 1. The minimum atomic E-state index is 0.880. The Labute approximate surface area is 32.7 Å². The fourth-order valence-corrected chi connectivity index (χ4v) is 0. The first-order valence-corrected chi connectivity index (χ1v) is 1.52. The first kappa shape index (κ1) is 4.67. The van der Waals surface area contributed by atoms with Crippen molar-refractivity contribution in [2.75, 3.05) is 7.05 Å². The summed E-state index contributed by atoms with van der Waals surface area (Å²) in [5.41, 5.74) is 0.880. The van der Waals surface area contributed by atoms with E-state index in [4.69, 9.17) is 0 Å². The summed E-state index contributed by atoms with van der Waals surface area (Å²) in [4.78, 5) is 3.69. The minimum absolute atomic E-state index is 0.880. The molecular weight excluding hydrogens is 62.1 g/mol. The standard InChI is InChI=1S/C4H8N/c1-4(2)5-3/h1H2,2-3H3/b5-4-. The van der Waals surface area contributed by atoms with E-state index in [-0.39, 0.29) is 0 Å². The largest absolute Gasteiger partial charge is 0.298 e. The maximum atomic E-state index is 3.69. The number of nitrogens with zero attached hydrogens (tertiary/aromatic N) is 1. The molecule has 0 N–H and O–H groups in total. The van der Waals surface area contributed by atoms with Crippen LogP contribution in [0.25, 0.3) is 0 Å². The summed E-state index contributed by atoms with van der Waals surface area (Å²) in [6, 6.07) is 0. The van der Waals surface area contributed by atoms with E-state index in [9.17, 15) is 0 Å². The van der Waals surface area contributed by atoms with Crippen molar-refractivity contribution in [3.05, 3.63) is 6.92 Å². The molecule has 0 aromatic rings. The molecule has 0 amide bonds. The van der Waals surface area contributed by atoms with Crippen LogP contribution in [-0.4, -0.2) is 12.8 Å². The van der Waals surface area contributed by atoms with Crippen molar-refractivity contribution in [2.45, 2.75) is 6.92 Å². The van der Waals surface area contributed by atoms with E-state index in [1.165, 1.54) is 0 Å². The minimum Gasteiger partial charge on any atom is -0.298 e. The first-order chi connectivity index (χ1) is 2.27. The van der Waals surface area contributed by atoms with E-state index in [0.29, 0.717) is 0 Å². The van der Waals surface area contributed by atoms with Gasteiger partial charge in [0.1, 0.15) is 0 Å². The second kappa shape index (κ2) is 1.94. The highest BCUT2D eigenvalue weighted by atomic mass is 14.7. The topological polar surface area (TPSA) is 12.4 Å². The highest BCUT2D eigenvalue weighted by Crippen LogP contribution is 1.62. The van der Waals surface area contributed by atoms with Crippen LogP contribution in [-0.2, 0) is 0 Å². The van der Waals surface area contributed by atoms with E-state index in [2.05, 4.69) is 11.9 Å². The van der Waals surface area contributed by atoms with Gasteiger partial charge in [-0.05, 0) is 13.8 Å². The monoisotopic (exact) mass is 70.1 g/mol. The van der Waals surface area contributed by atoms with E-state index in [1.807, 2.05) is 6.92 Å². The van der Waals surface area contributed by atoms with Gasteiger partial charge >= 0.3 is 0 Å². The molecule has 5 heavy (non-hydrogen) atoms. The molecule has 0 aliphatic heterocycles. The van der Waals surface area contributed by atoms with Gasteiger partial charge in [-0.25, -0.2) is 0 Å². The normalized spacial score (nSPS) is 12.2. The molecule has 0 unspecified atom stereocenters. The van der Waals surface area contributed by atoms with Crippen molar-refractivity contribution < 1.29 is 0 Å². The van der Waals surface area contributed by atoms with Gasteiger partial charge in [0.25, 0.3) is 0 Å². The predicted molar refractivity (Wildman–Crippen MR) is 24.4 cm³/mol. The maximum absolute atomic E-state index is 3.69. The van der Waals surface area contributed by atoms with Gasteiger partial charge in [-0.3, -0.25) is 4.99 Å². The van der Waals surface area contributed by atoms with Gasteiger partial charge in [-0.1, -0.05) is 0 Å². The molecule has 0 saturated heterocycles. The summed E-state index contributed by atoms with van der Waals surface area (Å²) in [5.74, 6) is 0. The van der Waals surface area contributed by atoms with Gasteiger partial charge in [-0.2, -0.15) is 0 Å². The van der Waals surface area contributed by atoms with Gasteiger partial charge in [0.05, 0.1) is 0 Å². The molecule has 0 spiro atoms. The highest BCUT2D eigenvalue weighted by molar-refractivity contribution is 5.85. The van der Waals surface area contributed by atoms with Crippen molar-refractivity contribution in [1.29, 1.82) is 0 Å².